The molecule has 0 aliphatic heterocycles. The second-order valence-electron chi connectivity index (χ2n) is 4.24. The van der Waals surface area contributed by atoms with Crippen LogP contribution < -0.4 is 4.90 Å². The Morgan fingerprint density at radius 2 is 2.00 bits per heavy atom. The lowest BCUT2D eigenvalue weighted by Gasteiger charge is -2.31. The standard InChI is InChI=1S/C14H21NO2/c1-4-10-15(12(5-2)14(16)17)13-9-7-6-8-11(13)3/h6-9,12H,4-5,10H2,1-3H3,(H,16,17). The van der Waals surface area contributed by atoms with Crippen LogP contribution in [0.4, 0.5) is 5.69 Å². The van der Waals surface area contributed by atoms with Crippen molar-refractivity contribution >= 4 is 11.7 Å². The van der Waals surface area contributed by atoms with E-state index in [0.29, 0.717) is 6.42 Å². The number of aryl methyl sites for hydroxylation is 1. The fraction of sp³-hybridized carbons (Fsp3) is 0.500. The minimum atomic E-state index is -0.746. The van der Waals surface area contributed by atoms with Gasteiger partial charge in [0.1, 0.15) is 6.04 Å². The van der Waals surface area contributed by atoms with Gasteiger partial charge >= 0.3 is 5.97 Å². The zero-order valence-electron chi connectivity index (χ0n) is 10.8. The summed E-state index contributed by atoms with van der Waals surface area (Å²) in [6, 6.07) is 7.52. The number of aliphatic carboxylic acids is 1. The van der Waals surface area contributed by atoms with Gasteiger partial charge in [0.25, 0.3) is 0 Å². The molecule has 1 rings (SSSR count). The molecule has 3 nitrogen and oxygen atoms in total. The smallest absolute Gasteiger partial charge is 0.326 e. The van der Waals surface area contributed by atoms with Crippen molar-refractivity contribution < 1.29 is 9.90 Å². The summed E-state index contributed by atoms with van der Waals surface area (Å²) in [5, 5.41) is 9.28. The highest BCUT2D eigenvalue weighted by molar-refractivity contribution is 5.78. The third kappa shape index (κ3) is 3.22. The predicted molar refractivity (Wildman–Crippen MR) is 70.5 cm³/mol. The van der Waals surface area contributed by atoms with Gasteiger partial charge in [0, 0.05) is 12.2 Å². The third-order valence-corrected chi connectivity index (χ3v) is 2.94. The number of hydrogen-bond donors (Lipinski definition) is 1. The van der Waals surface area contributed by atoms with E-state index in [9.17, 15) is 9.90 Å². The summed E-state index contributed by atoms with van der Waals surface area (Å²) >= 11 is 0. The lowest BCUT2D eigenvalue weighted by molar-refractivity contribution is -0.138. The third-order valence-electron chi connectivity index (χ3n) is 2.94. The summed E-state index contributed by atoms with van der Waals surface area (Å²) < 4.78 is 0. The van der Waals surface area contributed by atoms with Crippen LogP contribution in [0, 0.1) is 6.92 Å². The summed E-state index contributed by atoms with van der Waals surface area (Å²) in [6.45, 7) is 6.78. The molecule has 0 saturated heterocycles. The Morgan fingerprint density at radius 3 is 2.47 bits per heavy atom. The van der Waals surface area contributed by atoms with E-state index >= 15 is 0 Å². The number of carboxylic acids is 1. The van der Waals surface area contributed by atoms with Gasteiger partial charge in [-0.25, -0.2) is 4.79 Å². The number of benzene rings is 1. The fourth-order valence-electron chi connectivity index (χ4n) is 2.10. The number of para-hydroxylation sites is 1. The molecular formula is C14H21NO2. The number of anilines is 1. The molecule has 1 atom stereocenters. The zero-order valence-corrected chi connectivity index (χ0v) is 10.8. The Bertz CT molecular complexity index is 376. The first-order valence-electron chi connectivity index (χ1n) is 6.16. The molecule has 0 aliphatic rings. The average Bonchev–Trinajstić information content (AvgIpc) is 2.29. The van der Waals surface area contributed by atoms with Crippen molar-refractivity contribution in [1.29, 1.82) is 0 Å². The quantitative estimate of drug-likeness (QED) is 0.823. The summed E-state index contributed by atoms with van der Waals surface area (Å²) in [5.41, 5.74) is 2.16. The van der Waals surface area contributed by atoms with E-state index in [0.717, 1.165) is 24.2 Å². The van der Waals surface area contributed by atoms with Crippen molar-refractivity contribution in [2.24, 2.45) is 0 Å². The van der Waals surface area contributed by atoms with Crippen molar-refractivity contribution in [3.05, 3.63) is 29.8 Å². The van der Waals surface area contributed by atoms with Crippen LogP contribution in [0.5, 0.6) is 0 Å². The minimum Gasteiger partial charge on any atom is -0.480 e. The van der Waals surface area contributed by atoms with E-state index in [1.807, 2.05) is 43.0 Å². The first kappa shape index (κ1) is 13.6. The van der Waals surface area contributed by atoms with E-state index in [1.165, 1.54) is 0 Å². The Hall–Kier alpha value is -1.51. The molecule has 0 aromatic heterocycles. The average molecular weight is 235 g/mol. The Labute approximate surface area is 103 Å². The second-order valence-corrected chi connectivity index (χ2v) is 4.24. The highest BCUT2D eigenvalue weighted by Crippen LogP contribution is 2.23. The fourth-order valence-corrected chi connectivity index (χ4v) is 2.10. The Kier molecular flexibility index (Phi) is 5.01. The molecule has 1 aromatic rings. The predicted octanol–water partition coefficient (Wildman–Crippen LogP) is 3.07. The van der Waals surface area contributed by atoms with Crippen molar-refractivity contribution in [3.63, 3.8) is 0 Å². The van der Waals surface area contributed by atoms with E-state index in [-0.39, 0.29) is 0 Å². The summed E-state index contributed by atoms with van der Waals surface area (Å²) in [4.78, 5) is 13.3. The van der Waals surface area contributed by atoms with E-state index in [1.54, 1.807) is 0 Å². The highest BCUT2D eigenvalue weighted by Gasteiger charge is 2.24. The molecule has 0 saturated carbocycles. The van der Waals surface area contributed by atoms with Gasteiger partial charge < -0.3 is 10.0 Å². The summed E-state index contributed by atoms with van der Waals surface area (Å²) in [7, 11) is 0. The van der Waals surface area contributed by atoms with Gasteiger partial charge in [0.05, 0.1) is 0 Å². The molecule has 1 N–H and O–H groups in total. The van der Waals surface area contributed by atoms with Crippen molar-refractivity contribution in [3.8, 4) is 0 Å². The van der Waals surface area contributed by atoms with Gasteiger partial charge in [-0.2, -0.15) is 0 Å². The molecule has 0 aliphatic carbocycles. The van der Waals surface area contributed by atoms with Gasteiger partial charge in [0.15, 0.2) is 0 Å². The maximum Gasteiger partial charge on any atom is 0.326 e. The van der Waals surface area contributed by atoms with Crippen LogP contribution in [0.15, 0.2) is 24.3 Å². The zero-order chi connectivity index (χ0) is 12.8. The Balaban J connectivity index is 3.08. The molecule has 0 radical (unpaired) electrons. The van der Waals surface area contributed by atoms with Crippen LogP contribution in [0.1, 0.15) is 32.3 Å². The van der Waals surface area contributed by atoms with Gasteiger partial charge in [0.2, 0.25) is 0 Å². The maximum atomic E-state index is 11.3. The van der Waals surface area contributed by atoms with E-state index < -0.39 is 12.0 Å². The number of rotatable bonds is 6. The Morgan fingerprint density at radius 1 is 1.35 bits per heavy atom. The van der Waals surface area contributed by atoms with Gasteiger partial charge in [-0.1, -0.05) is 32.0 Å². The molecule has 0 fully saturated rings. The van der Waals surface area contributed by atoms with Gasteiger partial charge in [-0.05, 0) is 31.4 Å². The van der Waals surface area contributed by atoms with Crippen molar-refractivity contribution in [1.82, 2.24) is 0 Å². The highest BCUT2D eigenvalue weighted by atomic mass is 16.4. The SMILES string of the molecule is CCCN(c1ccccc1C)C(CC)C(=O)O. The largest absolute Gasteiger partial charge is 0.480 e. The molecule has 17 heavy (non-hydrogen) atoms. The molecule has 0 heterocycles. The van der Waals surface area contributed by atoms with Crippen LogP contribution in [-0.4, -0.2) is 23.7 Å². The lowest BCUT2D eigenvalue weighted by Crippen LogP contribution is -2.41. The monoisotopic (exact) mass is 235 g/mol. The molecular weight excluding hydrogens is 214 g/mol. The maximum absolute atomic E-state index is 11.3. The lowest BCUT2D eigenvalue weighted by atomic mass is 10.1. The molecule has 0 amide bonds. The van der Waals surface area contributed by atoms with Crippen LogP contribution in [-0.2, 0) is 4.79 Å². The number of hydrogen-bond acceptors (Lipinski definition) is 2. The normalized spacial score (nSPS) is 12.2. The van der Waals surface area contributed by atoms with E-state index in [2.05, 4.69) is 6.92 Å². The summed E-state index contributed by atoms with van der Waals surface area (Å²) in [6.07, 6.45) is 1.56. The number of carboxylic acid groups (broad SMARTS) is 1. The second kappa shape index (κ2) is 6.28. The molecule has 3 heteroatoms. The van der Waals surface area contributed by atoms with Gasteiger partial charge in [-0.3, -0.25) is 0 Å². The summed E-state index contributed by atoms with van der Waals surface area (Å²) in [5.74, 6) is -0.746. The van der Waals surface area contributed by atoms with Crippen molar-refractivity contribution in [2.45, 2.75) is 39.7 Å². The number of nitrogens with zero attached hydrogens (tertiary/aromatic N) is 1. The van der Waals surface area contributed by atoms with Crippen LogP contribution in [0.3, 0.4) is 0 Å². The van der Waals surface area contributed by atoms with Crippen LogP contribution in [0.2, 0.25) is 0 Å². The first-order valence-corrected chi connectivity index (χ1v) is 6.16. The van der Waals surface area contributed by atoms with Crippen LogP contribution in [0.25, 0.3) is 0 Å². The van der Waals surface area contributed by atoms with E-state index in [4.69, 9.17) is 0 Å². The molecule has 0 spiro atoms. The molecule has 0 bridgehead atoms. The van der Waals surface area contributed by atoms with Crippen molar-refractivity contribution in [2.75, 3.05) is 11.4 Å². The van der Waals surface area contributed by atoms with Gasteiger partial charge in [-0.15, -0.1) is 0 Å². The number of carbonyl (C=O) groups is 1. The molecule has 1 unspecified atom stereocenters. The topological polar surface area (TPSA) is 40.5 Å². The van der Waals surface area contributed by atoms with Crippen LogP contribution >= 0.6 is 0 Å². The first-order chi connectivity index (χ1) is 8.11. The minimum absolute atomic E-state index is 0.434. The molecule has 1 aromatic carbocycles. The molecule has 94 valence electrons.